The van der Waals surface area contributed by atoms with E-state index in [4.69, 9.17) is 4.42 Å². The van der Waals surface area contributed by atoms with Crippen molar-refractivity contribution in [3.63, 3.8) is 0 Å². The van der Waals surface area contributed by atoms with E-state index in [0.717, 1.165) is 29.7 Å². The number of hydrogen-bond acceptors (Lipinski definition) is 4. The van der Waals surface area contributed by atoms with Crippen molar-refractivity contribution in [3.8, 4) is 0 Å². The molecule has 0 aliphatic carbocycles. The maximum atomic E-state index is 13.7. The normalized spacial score (nSPS) is 15.5. The summed E-state index contributed by atoms with van der Waals surface area (Å²) in [7, 11) is 0. The number of carbonyl (C=O) groups excluding carboxylic acids is 1. The molecule has 1 aliphatic rings. The van der Waals surface area contributed by atoms with Crippen LogP contribution < -0.4 is 5.43 Å². The SMILES string of the molecule is Cc1cc2oc3c(c(=O)c2cc1C)[C@H](c1ccc(C(C)C)cc1)N(CCCn1ccnc1)C3=O. The number of amides is 1. The van der Waals surface area contributed by atoms with Gasteiger partial charge in [0.05, 0.1) is 23.3 Å². The zero-order valence-electron chi connectivity index (χ0n) is 20.0. The highest BCUT2D eigenvalue weighted by Gasteiger charge is 2.42. The van der Waals surface area contributed by atoms with Gasteiger partial charge >= 0.3 is 0 Å². The van der Waals surface area contributed by atoms with Crippen LogP contribution >= 0.6 is 0 Å². The molecule has 0 unspecified atom stereocenters. The fourth-order valence-electron chi connectivity index (χ4n) is 4.76. The molecule has 1 amide bonds. The van der Waals surface area contributed by atoms with Gasteiger partial charge in [-0.3, -0.25) is 9.59 Å². The number of carbonyl (C=O) groups is 1. The smallest absolute Gasteiger partial charge is 0.290 e. The molecule has 0 N–H and O–H groups in total. The van der Waals surface area contributed by atoms with Crippen molar-refractivity contribution in [2.45, 2.75) is 52.6 Å². The number of hydrogen-bond donors (Lipinski definition) is 0. The summed E-state index contributed by atoms with van der Waals surface area (Å²) in [4.78, 5) is 33.2. The largest absolute Gasteiger partial charge is 0.450 e. The minimum Gasteiger partial charge on any atom is -0.450 e. The Morgan fingerprint density at radius 1 is 1.03 bits per heavy atom. The van der Waals surface area contributed by atoms with Crippen molar-refractivity contribution < 1.29 is 9.21 Å². The molecule has 2 aromatic heterocycles. The summed E-state index contributed by atoms with van der Waals surface area (Å²) in [6.07, 6.45) is 6.16. The van der Waals surface area contributed by atoms with E-state index in [-0.39, 0.29) is 17.1 Å². The summed E-state index contributed by atoms with van der Waals surface area (Å²) in [5, 5.41) is 0.527. The number of fused-ring (bicyclic) bond motifs is 2. The summed E-state index contributed by atoms with van der Waals surface area (Å²) in [5.74, 6) is 0.343. The van der Waals surface area contributed by atoms with Gasteiger partial charge in [0, 0.05) is 25.5 Å². The van der Waals surface area contributed by atoms with Crippen LogP contribution in [0.25, 0.3) is 11.0 Å². The molecule has 34 heavy (non-hydrogen) atoms. The van der Waals surface area contributed by atoms with Crippen LogP contribution in [-0.4, -0.2) is 26.9 Å². The molecule has 0 saturated heterocycles. The Bertz CT molecular complexity index is 1420. The van der Waals surface area contributed by atoms with Crippen LogP contribution in [0.5, 0.6) is 0 Å². The molecule has 0 fully saturated rings. The number of aryl methyl sites for hydroxylation is 3. The van der Waals surface area contributed by atoms with Crippen LogP contribution in [0.2, 0.25) is 0 Å². The molecule has 6 nitrogen and oxygen atoms in total. The van der Waals surface area contributed by atoms with Crippen LogP contribution in [0.4, 0.5) is 0 Å². The molecule has 1 atom stereocenters. The van der Waals surface area contributed by atoms with Gasteiger partial charge in [0.1, 0.15) is 5.58 Å². The third kappa shape index (κ3) is 3.73. The fraction of sp³-hybridized carbons (Fsp3) is 0.321. The van der Waals surface area contributed by atoms with Crippen molar-refractivity contribution in [1.82, 2.24) is 14.5 Å². The van der Waals surface area contributed by atoms with Crippen molar-refractivity contribution in [2.24, 2.45) is 0 Å². The van der Waals surface area contributed by atoms with Crippen molar-refractivity contribution in [2.75, 3.05) is 6.54 Å². The highest BCUT2D eigenvalue weighted by Crippen LogP contribution is 2.39. The van der Waals surface area contributed by atoms with Crippen molar-refractivity contribution in [1.29, 1.82) is 0 Å². The quantitative estimate of drug-likeness (QED) is 0.392. The predicted octanol–water partition coefficient (Wildman–Crippen LogP) is 5.37. The Morgan fingerprint density at radius 3 is 2.44 bits per heavy atom. The van der Waals surface area contributed by atoms with Gasteiger partial charge < -0.3 is 13.9 Å². The van der Waals surface area contributed by atoms with Crippen molar-refractivity contribution >= 4 is 16.9 Å². The van der Waals surface area contributed by atoms with E-state index in [0.29, 0.717) is 29.0 Å². The van der Waals surface area contributed by atoms with Crippen LogP contribution in [0.3, 0.4) is 0 Å². The molecule has 174 valence electrons. The maximum absolute atomic E-state index is 13.7. The predicted molar refractivity (Wildman–Crippen MR) is 132 cm³/mol. The molecule has 2 aromatic carbocycles. The summed E-state index contributed by atoms with van der Waals surface area (Å²) >= 11 is 0. The number of aromatic nitrogens is 2. The second kappa shape index (κ2) is 8.60. The highest BCUT2D eigenvalue weighted by atomic mass is 16.3. The molecular formula is C28H29N3O3. The topological polar surface area (TPSA) is 68.3 Å². The molecule has 0 saturated carbocycles. The molecule has 0 bridgehead atoms. The minimum absolute atomic E-state index is 0.122. The minimum atomic E-state index is -0.464. The lowest BCUT2D eigenvalue weighted by Crippen LogP contribution is -2.31. The van der Waals surface area contributed by atoms with Crippen LogP contribution in [0.15, 0.2) is 64.3 Å². The van der Waals surface area contributed by atoms with Gasteiger partial charge in [-0.05, 0) is 60.6 Å². The van der Waals surface area contributed by atoms with Crippen molar-refractivity contribution in [3.05, 3.63) is 98.9 Å². The Morgan fingerprint density at radius 2 is 1.76 bits per heavy atom. The zero-order valence-corrected chi connectivity index (χ0v) is 20.0. The molecule has 1 aliphatic heterocycles. The standard InChI is InChI=1S/C28H29N3O3/c1-17(2)20-6-8-21(9-7-20)25-24-26(32)22-14-18(3)19(4)15-23(22)34-27(24)28(33)31(25)12-5-11-30-13-10-29-16-30/h6-10,13-17,25H,5,11-12H2,1-4H3/t25-/m0/s1. The lowest BCUT2D eigenvalue weighted by atomic mass is 9.95. The van der Waals surface area contributed by atoms with Gasteiger partial charge in [0.25, 0.3) is 5.91 Å². The molecule has 0 radical (unpaired) electrons. The van der Waals surface area contributed by atoms with E-state index in [2.05, 4.69) is 31.0 Å². The van der Waals surface area contributed by atoms with Crippen LogP contribution in [0, 0.1) is 13.8 Å². The van der Waals surface area contributed by atoms with Gasteiger partial charge in [-0.15, -0.1) is 0 Å². The molecule has 5 rings (SSSR count). The van der Waals surface area contributed by atoms with Gasteiger partial charge in [0.2, 0.25) is 5.76 Å². The summed E-state index contributed by atoms with van der Waals surface area (Å²) in [6.45, 7) is 9.50. The zero-order chi connectivity index (χ0) is 24.0. The second-order valence-electron chi connectivity index (χ2n) is 9.48. The van der Waals surface area contributed by atoms with Gasteiger partial charge in [-0.1, -0.05) is 38.1 Å². The number of rotatable bonds is 6. The van der Waals surface area contributed by atoms with Gasteiger partial charge in [0.15, 0.2) is 5.43 Å². The number of nitrogens with zero attached hydrogens (tertiary/aromatic N) is 3. The molecule has 6 heteroatoms. The lowest BCUT2D eigenvalue weighted by Gasteiger charge is -2.25. The third-order valence-electron chi connectivity index (χ3n) is 6.88. The van der Waals surface area contributed by atoms with E-state index in [1.54, 1.807) is 17.4 Å². The summed E-state index contributed by atoms with van der Waals surface area (Å²) < 4.78 is 8.11. The molecular weight excluding hydrogens is 426 g/mol. The van der Waals surface area contributed by atoms with E-state index in [9.17, 15) is 9.59 Å². The first-order valence-corrected chi connectivity index (χ1v) is 11.8. The highest BCUT2D eigenvalue weighted by molar-refractivity contribution is 5.99. The van der Waals surface area contributed by atoms with Gasteiger partial charge in [-0.25, -0.2) is 4.98 Å². The number of benzene rings is 2. The first-order chi connectivity index (χ1) is 16.3. The Hall–Kier alpha value is -3.67. The van der Waals surface area contributed by atoms with Crippen LogP contribution in [0.1, 0.15) is 70.6 Å². The Balaban J connectivity index is 1.61. The van der Waals surface area contributed by atoms with E-state index in [1.807, 2.05) is 48.9 Å². The Kier molecular flexibility index (Phi) is 5.60. The molecule has 3 heterocycles. The molecule has 4 aromatic rings. The van der Waals surface area contributed by atoms with E-state index >= 15 is 0 Å². The first-order valence-electron chi connectivity index (χ1n) is 11.8. The summed E-state index contributed by atoms with van der Waals surface area (Å²) in [6, 6.07) is 11.5. The van der Waals surface area contributed by atoms with E-state index in [1.165, 1.54) is 5.56 Å². The monoisotopic (exact) mass is 455 g/mol. The van der Waals surface area contributed by atoms with Gasteiger partial charge in [-0.2, -0.15) is 0 Å². The first kappa shape index (κ1) is 22.1. The maximum Gasteiger partial charge on any atom is 0.290 e. The van der Waals surface area contributed by atoms with E-state index < -0.39 is 6.04 Å². The Labute approximate surface area is 198 Å². The fourth-order valence-corrected chi connectivity index (χ4v) is 4.76. The lowest BCUT2D eigenvalue weighted by molar-refractivity contribution is 0.0723. The third-order valence-corrected chi connectivity index (χ3v) is 6.88. The van der Waals surface area contributed by atoms with Crippen LogP contribution in [-0.2, 0) is 6.54 Å². The summed E-state index contributed by atoms with van der Waals surface area (Å²) in [5.41, 5.74) is 4.99. The average molecular weight is 456 g/mol. The second-order valence-corrected chi connectivity index (χ2v) is 9.48. The average Bonchev–Trinajstić information content (AvgIpc) is 3.43. The number of imidazole rings is 1. The molecule has 0 spiro atoms.